The Balaban J connectivity index is 1.53. The number of benzene rings is 3. The molecule has 28 heavy (non-hydrogen) atoms. The fraction of sp³-hybridized carbons (Fsp3) is 0. The zero-order valence-corrected chi connectivity index (χ0v) is 14.6. The molecule has 0 spiro atoms. The van der Waals surface area contributed by atoms with Crippen molar-refractivity contribution in [1.82, 2.24) is 9.97 Å². The zero-order chi connectivity index (χ0) is 19.5. The molecule has 0 unspecified atom stereocenters. The lowest BCUT2D eigenvalue weighted by molar-refractivity contribution is -0.384. The number of anilines is 1. The minimum atomic E-state index is -0.477. The Kier molecular flexibility index (Phi) is 4.47. The van der Waals surface area contributed by atoms with Crippen LogP contribution in [0.25, 0.3) is 22.2 Å². The molecule has 0 bridgehead atoms. The SMILES string of the molecule is O=C(Nc1ccc2ccccc2c1)c1cnc(-c2cccc([N+](=O)[O-])c2)nc1. The normalized spacial score (nSPS) is 10.6. The Labute approximate surface area is 159 Å². The number of non-ortho nitro benzene ring substituents is 1. The van der Waals surface area contributed by atoms with Crippen LogP contribution in [0.5, 0.6) is 0 Å². The van der Waals surface area contributed by atoms with Crippen molar-refractivity contribution in [3.05, 3.63) is 94.8 Å². The van der Waals surface area contributed by atoms with E-state index in [9.17, 15) is 14.9 Å². The Morgan fingerprint density at radius 1 is 0.893 bits per heavy atom. The summed E-state index contributed by atoms with van der Waals surface area (Å²) in [5.74, 6) is -0.0215. The number of rotatable bonds is 4. The van der Waals surface area contributed by atoms with Crippen molar-refractivity contribution < 1.29 is 9.72 Å². The summed E-state index contributed by atoms with van der Waals surface area (Å²) in [6, 6.07) is 19.6. The average Bonchev–Trinajstić information content (AvgIpc) is 2.74. The molecule has 0 fully saturated rings. The minimum absolute atomic E-state index is 0.0424. The van der Waals surface area contributed by atoms with E-state index in [1.165, 1.54) is 24.5 Å². The van der Waals surface area contributed by atoms with Crippen LogP contribution in [0.15, 0.2) is 79.1 Å². The first-order valence-corrected chi connectivity index (χ1v) is 8.47. The van der Waals surface area contributed by atoms with Crippen LogP contribution in [-0.4, -0.2) is 20.8 Å². The monoisotopic (exact) mass is 370 g/mol. The third-order valence-electron chi connectivity index (χ3n) is 4.24. The van der Waals surface area contributed by atoms with E-state index in [1.807, 2.05) is 42.5 Å². The third kappa shape index (κ3) is 3.54. The van der Waals surface area contributed by atoms with Crippen LogP contribution in [0, 0.1) is 10.1 Å². The summed E-state index contributed by atoms with van der Waals surface area (Å²) in [6.45, 7) is 0. The first kappa shape index (κ1) is 17.3. The average molecular weight is 370 g/mol. The number of nitrogens with zero attached hydrogens (tertiary/aromatic N) is 3. The Morgan fingerprint density at radius 3 is 2.39 bits per heavy atom. The highest BCUT2D eigenvalue weighted by molar-refractivity contribution is 6.04. The quantitative estimate of drug-likeness (QED) is 0.422. The molecule has 1 N–H and O–H groups in total. The fourth-order valence-corrected chi connectivity index (χ4v) is 2.82. The molecule has 4 rings (SSSR count). The number of nitro groups is 1. The second kappa shape index (κ2) is 7.24. The maximum atomic E-state index is 12.5. The molecule has 0 atom stereocenters. The van der Waals surface area contributed by atoms with Gasteiger partial charge in [-0.2, -0.15) is 0 Å². The summed E-state index contributed by atoms with van der Waals surface area (Å²) in [6.07, 6.45) is 2.80. The van der Waals surface area contributed by atoms with Crippen LogP contribution in [0.4, 0.5) is 11.4 Å². The highest BCUT2D eigenvalue weighted by atomic mass is 16.6. The van der Waals surface area contributed by atoms with Crippen LogP contribution in [0.2, 0.25) is 0 Å². The topological polar surface area (TPSA) is 98.0 Å². The zero-order valence-electron chi connectivity index (χ0n) is 14.6. The number of nitrogens with one attached hydrogen (secondary N) is 1. The Morgan fingerprint density at radius 2 is 1.64 bits per heavy atom. The number of hydrogen-bond donors (Lipinski definition) is 1. The number of fused-ring (bicyclic) bond motifs is 1. The van der Waals surface area contributed by atoms with E-state index < -0.39 is 4.92 Å². The van der Waals surface area contributed by atoms with Crippen molar-refractivity contribution in [1.29, 1.82) is 0 Å². The maximum absolute atomic E-state index is 12.5. The van der Waals surface area contributed by atoms with Gasteiger partial charge in [-0.1, -0.05) is 42.5 Å². The summed E-state index contributed by atoms with van der Waals surface area (Å²) >= 11 is 0. The lowest BCUT2D eigenvalue weighted by atomic mass is 10.1. The lowest BCUT2D eigenvalue weighted by Crippen LogP contribution is -2.12. The molecule has 7 nitrogen and oxygen atoms in total. The van der Waals surface area contributed by atoms with Gasteiger partial charge < -0.3 is 5.32 Å². The van der Waals surface area contributed by atoms with Crippen molar-refractivity contribution in [3.8, 4) is 11.4 Å². The second-order valence-electron chi connectivity index (χ2n) is 6.12. The van der Waals surface area contributed by atoms with Crippen LogP contribution in [-0.2, 0) is 0 Å². The van der Waals surface area contributed by atoms with Gasteiger partial charge in [0.15, 0.2) is 5.82 Å². The standard InChI is InChI=1S/C21H14N4O3/c26-21(24-18-9-8-14-4-1-2-5-15(14)10-18)17-12-22-20(23-13-17)16-6-3-7-19(11-16)25(27)28/h1-13H,(H,24,26). The van der Waals surface area contributed by atoms with Crippen molar-refractivity contribution in [2.24, 2.45) is 0 Å². The van der Waals surface area contributed by atoms with E-state index in [4.69, 9.17) is 0 Å². The van der Waals surface area contributed by atoms with E-state index in [-0.39, 0.29) is 11.6 Å². The first-order chi connectivity index (χ1) is 13.6. The largest absolute Gasteiger partial charge is 0.322 e. The first-order valence-electron chi connectivity index (χ1n) is 8.47. The van der Waals surface area contributed by atoms with Gasteiger partial charge in [0, 0.05) is 35.8 Å². The molecule has 136 valence electrons. The van der Waals surface area contributed by atoms with E-state index in [1.54, 1.807) is 12.1 Å². The summed E-state index contributed by atoms with van der Waals surface area (Å²) in [5, 5.41) is 15.8. The predicted octanol–water partition coefficient (Wildman–Crippen LogP) is 4.46. The Bertz CT molecular complexity index is 1190. The van der Waals surface area contributed by atoms with Gasteiger partial charge in [-0.25, -0.2) is 9.97 Å². The molecule has 0 saturated carbocycles. The Hall–Kier alpha value is -4.13. The van der Waals surface area contributed by atoms with Crippen LogP contribution in [0.3, 0.4) is 0 Å². The maximum Gasteiger partial charge on any atom is 0.270 e. The van der Waals surface area contributed by atoms with E-state index >= 15 is 0 Å². The van der Waals surface area contributed by atoms with Crippen LogP contribution in [0.1, 0.15) is 10.4 Å². The molecule has 0 radical (unpaired) electrons. The van der Waals surface area contributed by atoms with Gasteiger partial charge in [0.25, 0.3) is 11.6 Å². The molecule has 0 aliphatic rings. The highest BCUT2D eigenvalue weighted by Crippen LogP contribution is 2.21. The third-order valence-corrected chi connectivity index (χ3v) is 4.24. The van der Waals surface area contributed by atoms with E-state index in [0.29, 0.717) is 22.6 Å². The number of carbonyl (C=O) groups is 1. The number of amides is 1. The summed E-state index contributed by atoms with van der Waals surface area (Å²) < 4.78 is 0. The van der Waals surface area contributed by atoms with Gasteiger partial charge in [0.1, 0.15) is 0 Å². The van der Waals surface area contributed by atoms with Gasteiger partial charge in [0.05, 0.1) is 10.5 Å². The van der Waals surface area contributed by atoms with Gasteiger partial charge in [-0.3, -0.25) is 14.9 Å². The van der Waals surface area contributed by atoms with Crippen molar-refractivity contribution in [2.75, 3.05) is 5.32 Å². The summed E-state index contributed by atoms with van der Waals surface area (Å²) in [5.41, 5.74) is 1.43. The van der Waals surface area contributed by atoms with Crippen molar-refractivity contribution >= 4 is 28.1 Å². The van der Waals surface area contributed by atoms with E-state index in [0.717, 1.165) is 10.8 Å². The second-order valence-corrected chi connectivity index (χ2v) is 6.12. The van der Waals surface area contributed by atoms with Gasteiger partial charge in [0.2, 0.25) is 0 Å². The number of carbonyl (C=O) groups excluding carboxylic acids is 1. The smallest absolute Gasteiger partial charge is 0.270 e. The molecule has 0 aliphatic carbocycles. The number of nitro benzene ring substituents is 1. The summed E-state index contributed by atoms with van der Waals surface area (Å²) in [7, 11) is 0. The molecule has 3 aromatic carbocycles. The summed E-state index contributed by atoms with van der Waals surface area (Å²) in [4.78, 5) is 31.2. The molecule has 0 aliphatic heterocycles. The van der Waals surface area contributed by atoms with Crippen molar-refractivity contribution in [3.63, 3.8) is 0 Å². The van der Waals surface area contributed by atoms with Crippen molar-refractivity contribution in [2.45, 2.75) is 0 Å². The highest BCUT2D eigenvalue weighted by Gasteiger charge is 2.11. The molecule has 0 saturated heterocycles. The lowest BCUT2D eigenvalue weighted by Gasteiger charge is -2.07. The molecular formula is C21H14N4O3. The van der Waals surface area contributed by atoms with Gasteiger partial charge in [-0.15, -0.1) is 0 Å². The molecule has 4 aromatic rings. The molecule has 1 amide bonds. The molecule has 7 heteroatoms. The van der Waals surface area contributed by atoms with E-state index in [2.05, 4.69) is 15.3 Å². The minimum Gasteiger partial charge on any atom is -0.322 e. The predicted molar refractivity (Wildman–Crippen MR) is 106 cm³/mol. The molecular weight excluding hydrogens is 356 g/mol. The van der Waals surface area contributed by atoms with Crippen LogP contribution < -0.4 is 5.32 Å². The van der Waals surface area contributed by atoms with Gasteiger partial charge >= 0.3 is 0 Å². The van der Waals surface area contributed by atoms with Crippen LogP contribution >= 0.6 is 0 Å². The molecule has 1 heterocycles. The number of aromatic nitrogens is 2. The van der Waals surface area contributed by atoms with Gasteiger partial charge in [-0.05, 0) is 22.9 Å². The number of hydrogen-bond acceptors (Lipinski definition) is 5. The fourth-order valence-electron chi connectivity index (χ4n) is 2.82. The molecule has 1 aromatic heterocycles.